The van der Waals surface area contributed by atoms with Crippen LogP contribution in [0.5, 0.6) is 0 Å². The second-order valence-corrected chi connectivity index (χ2v) is 11.7. The highest BCUT2D eigenvalue weighted by Crippen LogP contribution is 2.72. The minimum atomic E-state index is 0.526. The Morgan fingerprint density at radius 3 is 2.33 bits per heavy atom. The Hall–Kier alpha value is -0.780. The highest BCUT2D eigenvalue weighted by atomic mass is 14.7. The Bertz CT molecular complexity index is 695. The molecule has 4 fully saturated rings. The van der Waals surface area contributed by atoms with E-state index in [2.05, 4.69) is 45.6 Å². The van der Waals surface area contributed by atoms with E-state index in [9.17, 15) is 0 Å². The Kier molecular flexibility index (Phi) is 4.13. The van der Waals surface area contributed by atoms with E-state index in [4.69, 9.17) is 0 Å². The van der Waals surface area contributed by atoms with Crippen molar-refractivity contribution in [3.05, 3.63) is 36.0 Å². The number of rotatable bonds is 1. The van der Waals surface area contributed by atoms with Crippen LogP contribution in [0.4, 0.5) is 0 Å². The quantitative estimate of drug-likeness (QED) is 0.444. The molecule has 0 bridgehead atoms. The molecule has 7 unspecified atom stereocenters. The Balaban J connectivity index is 1.47. The molecule has 0 aromatic heterocycles. The summed E-state index contributed by atoms with van der Waals surface area (Å²) >= 11 is 0. The van der Waals surface area contributed by atoms with Crippen molar-refractivity contribution < 1.29 is 0 Å². The summed E-state index contributed by atoms with van der Waals surface area (Å²) in [6.07, 6.45) is 23.2. The maximum atomic E-state index is 4.15. The molecule has 0 N–H and O–H groups in total. The maximum Gasteiger partial charge on any atom is -0.00974 e. The average Bonchev–Trinajstić information content (AvgIpc) is 3.00. The summed E-state index contributed by atoms with van der Waals surface area (Å²) in [6.45, 7) is 12.3. The summed E-state index contributed by atoms with van der Waals surface area (Å²) in [7, 11) is 0. The molecule has 0 nitrogen and oxygen atoms in total. The zero-order valence-corrected chi connectivity index (χ0v) is 18.0. The van der Waals surface area contributed by atoms with Crippen LogP contribution in [0.2, 0.25) is 0 Å². The molecule has 0 heteroatoms. The molecule has 5 aliphatic rings. The lowest BCUT2D eigenvalue weighted by Gasteiger charge is -2.65. The fourth-order valence-electron chi connectivity index (χ4n) is 9.38. The van der Waals surface area contributed by atoms with Gasteiger partial charge in [-0.25, -0.2) is 0 Å². The topological polar surface area (TPSA) is 0 Å². The van der Waals surface area contributed by atoms with Crippen molar-refractivity contribution >= 4 is 0 Å². The Labute approximate surface area is 167 Å². The first-order valence-electron chi connectivity index (χ1n) is 11.9. The number of hydrogen-bond acceptors (Lipinski definition) is 0. The largest absolute Gasteiger partial charge is 0.0955 e. The summed E-state index contributed by atoms with van der Waals surface area (Å²) in [5.41, 5.74) is 4.68. The first-order valence-corrected chi connectivity index (χ1v) is 11.9. The second kappa shape index (κ2) is 6.11. The predicted octanol–water partition coefficient (Wildman–Crippen LogP) is 7.87. The molecule has 0 heterocycles. The van der Waals surface area contributed by atoms with E-state index < -0.39 is 0 Å². The third kappa shape index (κ3) is 2.47. The molecular formula is C27H40. The van der Waals surface area contributed by atoms with Gasteiger partial charge in [0.05, 0.1) is 0 Å². The van der Waals surface area contributed by atoms with Crippen molar-refractivity contribution in [1.82, 2.24) is 0 Å². The van der Waals surface area contributed by atoms with Crippen LogP contribution in [0.3, 0.4) is 0 Å². The van der Waals surface area contributed by atoms with Gasteiger partial charge in [0.2, 0.25) is 0 Å². The molecule has 0 aliphatic heterocycles. The van der Waals surface area contributed by atoms with E-state index in [1.54, 1.807) is 5.57 Å². The van der Waals surface area contributed by atoms with Crippen LogP contribution < -0.4 is 0 Å². The first kappa shape index (κ1) is 18.3. The summed E-state index contributed by atoms with van der Waals surface area (Å²) in [6, 6.07) is 0. The van der Waals surface area contributed by atoms with Gasteiger partial charge in [0.15, 0.2) is 0 Å². The molecule has 0 saturated heterocycles. The van der Waals surface area contributed by atoms with Crippen LogP contribution in [0, 0.1) is 39.9 Å². The lowest BCUT2D eigenvalue weighted by atomic mass is 9.39. The molecular weight excluding hydrogens is 324 g/mol. The third-order valence-corrected chi connectivity index (χ3v) is 10.7. The van der Waals surface area contributed by atoms with E-state index in [1.807, 2.05) is 0 Å². The van der Waals surface area contributed by atoms with E-state index in [0.29, 0.717) is 16.2 Å². The van der Waals surface area contributed by atoms with Gasteiger partial charge >= 0.3 is 0 Å². The smallest absolute Gasteiger partial charge is 0.00974 e. The van der Waals surface area contributed by atoms with Crippen molar-refractivity contribution in [3.8, 4) is 0 Å². The van der Waals surface area contributed by atoms with Gasteiger partial charge in [-0.15, -0.1) is 0 Å². The van der Waals surface area contributed by atoms with Crippen LogP contribution in [0.25, 0.3) is 0 Å². The van der Waals surface area contributed by atoms with Crippen LogP contribution in [0.15, 0.2) is 36.0 Å². The monoisotopic (exact) mass is 364 g/mol. The van der Waals surface area contributed by atoms with Gasteiger partial charge in [-0.05, 0) is 103 Å². The first-order chi connectivity index (χ1) is 12.9. The van der Waals surface area contributed by atoms with Gasteiger partial charge < -0.3 is 0 Å². The number of allylic oxidation sites excluding steroid dienone is 5. The maximum absolute atomic E-state index is 4.15. The second-order valence-electron chi connectivity index (χ2n) is 11.7. The standard InChI is InChI=1S/C27H40/c1-19-8-10-20(11-9-19)22-12-13-23-26(22,3)18-15-24-25(2)16-6-5-7-21(25)14-17-27(23,24)4/h8,10-11,21-24H,1,5-7,9,12-18H2,2-4H3. The molecule has 5 rings (SSSR count). The summed E-state index contributed by atoms with van der Waals surface area (Å²) in [5, 5.41) is 0. The molecule has 0 aromatic carbocycles. The summed E-state index contributed by atoms with van der Waals surface area (Å²) in [4.78, 5) is 0. The van der Waals surface area contributed by atoms with Crippen molar-refractivity contribution in [3.63, 3.8) is 0 Å². The molecule has 4 saturated carbocycles. The van der Waals surface area contributed by atoms with Crippen molar-refractivity contribution in [1.29, 1.82) is 0 Å². The van der Waals surface area contributed by atoms with E-state index in [0.717, 1.165) is 30.1 Å². The Morgan fingerprint density at radius 2 is 1.56 bits per heavy atom. The van der Waals surface area contributed by atoms with Gasteiger partial charge in [-0.1, -0.05) is 64.0 Å². The highest BCUT2D eigenvalue weighted by Gasteiger charge is 2.64. The molecule has 0 aromatic rings. The van der Waals surface area contributed by atoms with E-state index >= 15 is 0 Å². The van der Waals surface area contributed by atoms with Gasteiger partial charge in [-0.2, -0.15) is 0 Å². The lowest BCUT2D eigenvalue weighted by molar-refractivity contribution is -0.162. The SMILES string of the molecule is C=C1C=CC(C2CCC3C2(C)CCC2C4(C)CCCCC4CCC23C)=CC1. The zero-order chi connectivity index (χ0) is 18.9. The van der Waals surface area contributed by atoms with E-state index in [1.165, 1.54) is 69.8 Å². The van der Waals surface area contributed by atoms with Crippen LogP contribution >= 0.6 is 0 Å². The van der Waals surface area contributed by atoms with Crippen LogP contribution in [0.1, 0.15) is 91.4 Å². The van der Waals surface area contributed by atoms with Gasteiger partial charge in [0.25, 0.3) is 0 Å². The molecule has 0 radical (unpaired) electrons. The average molecular weight is 365 g/mol. The van der Waals surface area contributed by atoms with Crippen LogP contribution in [-0.2, 0) is 0 Å². The fraction of sp³-hybridized carbons (Fsp3) is 0.778. The molecule has 7 atom stereocenters. The van der Waals surface area contributed by atoms with Gasteiger partial charge in [0.1, 0.15) is 0 Å². The lowest BCUT2D eigenvalue weighted by Crippen LogP contribution is -2.58. The number of fused-ring (bicyclic) bond motifs is 5. The molecule has 0 amide bonds. The van der Waals surface area contributed by atoms with E-state index in [-0.39, 0.29) is 0 Å². The van der Waals surface area contributed by atoms with Gasteiger partial charge in [0, 0.05) is 0 Å². The van der Waals surface area contributed by atoms with Crippen molar-refractivity contribution in [2.24, 2.45) is 39.9 Å². The van der Waals surface area contributed by atoms with Crippen molar-refractivity contribution in [2.45, 2.75) is 91.4 Å². The van der Waals surface area contributed by atoms with Crippen molar-refractivity contribution in [2.75, 3.05) is 0 Å². The highest BCUT2D eigenvalue weighted by molar-refractivity contribution is 5.37. The molecule has 0 spiro atoms. The third-order valence-electron chi connectivity index (χ3n) is 10.7. The minimum Gasteiger partial charge on any atom is -0.0955 e. The van der Waals surface area contributed by atoms with Crippen LogP contribution in [-0.4, -0.2) is 0 Å². The summed E-state index contributed by atoms with van der Waals surface area (Å²) in [5.74, 6) is 3.74. The fourth-order valence-corrected chi connectivity index (χ4v) is 9.38. The zero-order valence-electron chi connectivity index (χ0n) is 18.0. The molecule has 5 aliphatic carbocycles. The number of hydrogen-bond donors (Lipinski definition) is 0. The normalized spacial score (nSPS) is 52.0. The van der Waals surface area contributed by atoms with Gasteiger partial charge in [-0.3, -0.25) is 0 Å². The molecule has 148 valence electrons. The molecule has 27 heavy (non-hydrogen) atoms. The predicted molar refractivity (Wildman–Crippen MR) is 115 cm³/mol. The Morgan fingerprint density at radius 1 is 0.778 bits per heavy atom. The minimum absolute atomic E-state index is 0.526. The summed E-state index contributed by atoms with van der Waals surface area (Å²) < 4.78 is 0.